The van der Waals surface area contributed by atoms with Crippen molar-refractivity contribution in [2.75, 3.05) is 6.54 Å². The molecule has 1 saturated heterocycles. The molecule has 0 bridgehead atoms. The summed E-state index contributed by atoms with van der Waals surface area (Å²) in [5.74, 6) is 0.385. The normalized spacial score (nSPS) is 22.8. The Morgan fingerprint density at radius 3 is 2.90 bits per heavy atom. The Balaban J connectivity index is 1.88. The molecule has 1 fully saturated rings. The molecule has 1 unspecified atom stereocenters. The summed E-state index contributed by atoms with van der Waals surface area (Å²) in [5, 5.41) is 9.21. The van der Waals surface area contributed by atoms with Crippen LogP contribution in [0.2, 0.25) is 0 Å². The second-order valence-electron chi connectivity index (χ2n) is 6.21. The Hall–Kier alpha value is -1.62. The van der Waals surface area contributed by atoms with Gasteiger partial charge in [0.25, 0.3) is 0 Å². The van der Waals surface area contributed by atoms with E-state index in [2.05, 4.69) is 4.98 Å². The highest BCUT2D eigenvalue weighted by Gasteiger charge is 2.40. The fraction of sp³-hybridized carbons (Fsp3) is 0.600. The molecule has 20 heavy (non-hydrogen) atoms. The van der Waals surface area contributed by atoms with Crippen LogP contribution in [0.5, 0.6) is 0 Å². The minimum Gasteiger partial charge on any atom is -0.465 e. The van der Waals surface area contributed by atoms with Gasteiger partial charge in [-0.25, -0.2) is 4.79 Å². The van der Waals surface area contributed by atoms with Gasteiger partial charge in [0, 0.05) is 24.3 Å². The summed E-state index contributed by atoms with van der Waals surface area (Å²) in [4.78, 5) is 17.0. The Bertz CT molecular complexity index is 461. The predicted molar refractivity (Wildman–Crippen MR) is 77.3 cm³/mol. The van der Waals surface area contributed by atoms with E-state index >= 15 is 0 Å². The molecule has 1 aliphatic rings. The highest BCUT2D eigenvalue weighted by Crippen LogP contribution is 2.35. The lowest BCUT2D eigenvalue weighted by atomic mass is 9.91. The number of nitrogens with two attached hydrogens (primary N) is 1. The molecule has 0 radical (unpaired) electrons. The van der Waals surface area contributed by atoms with E-state index in [0.29, 0.717) is 12.5 Å². The number of carboxylic acid groups (broad SMARTS) is 1. The molecular weight excluding hydrogens is 254 g/mol. The maximum atomic E-state index is 11.2. The van der Waals surface area contributed by atoms with Crippen LogP contribution in [0, 0.1) is 5.92 Å². The SMILES string of the molecule is CC1(C)C[C@H](CCC(N)c2ccccn2)CN1C(=O)O. The Morgan fingerprint density at radius 1 is 1.60 bits per heavy atom. The summed E-state index contributed by atoms with van der Waals surface area (Å²) >= 11 is 0. The predicted octanol–water partition coefficient (Wildman–Crippen LogP) is 2.64. The van der Waals surface area contributed by atoms with Gasteiger partial charge in [0.2, 0.25) is 0 Å². The first-order chi connectivity index (χ1) is 9.40. The third-order valence-corrected chi connectivity index (χ3v) is 4.14. The van der Waals surface area contributed by atoms with E-state index in [9.17, 15) is 9.90 Å². The average Bonchev–Trinajstić information content (AvgIpc) is 2.72. The van der Waals surface area contributed by atoms with Crippen LogP contribution in [0.3, 0.4) is 0 Å². The standard InChI is InChI=1S/C15H23N3O2/c1-15(2)9-11(10-18(15)14(19)20)6-7-12(16)13-5-3-4-8-17-13/h3-5,8,11-12H,6-7,9-10,16H2,1-2H3,(H,19,20)/t11-,12?/m0/s1. The molecule has 0 aliphatic carbocycles. The van der Waals surface area contributed by atoms with E-state index in [-0.39, 0.29) is 11.6 Å². The van der Waals surface area contributed by atoms with Crippen LogP contribution in [-0.4, -0.2) is 33.2 Å². The summed E-state index contributed by atoms with van der Waals surface area (Å²) in [7, 11) is 0. The van der Waals surface area contributed by atoms with E-state index < -0.39 is 6.09 Å². The molecule has 1 amide bonds. The maximum absolute atomic E-state index is 11.2. The van der Waals surface area contributed by atoms with Gasteiger partial charge >= 0.3 is 6.09 Å². The molecule has 0 spiro atoms. The molecule has 2 atom stereocenters. The molecular formula is C15H23N3O2. The second kappa shape index (κ2) is 5.79. The smallest absolute Gasteiger partial charge is 0.407 e. The van der Waals surface area contributed by atoms with Crippen molar-refractivity contribution in [3.05, 3.63) is 30.1 Å². The number of nitrogens with zero attached hydrogens (tertiary/aromatic N) is 2. The van der Waals surface area contributed by atoms with E-state index in [0.717, 1.165) is 25.0 Å². The Morgan fingerprint density at radius 2 is 2.35 bits per heavy atom. The quantitative estimate of drug-likeness (QED) is 0.886. The summed E-state index contributed by atoms with van der Waals surface area (Å²) in [6.07, 6.45) is 3.59. The highest BCUT2D eigenvalue weighted by atomic mass is 16.4. The molecule has 2 rings (SSSR count). The molecule has 0 saturated carbocycles. The number of amides is 1. The van der Waals surface area contributed by atoms with Crippen molar-refractivity contribution in [2.24, 2.45) is 11.7 Å². The lowest BCUT2D eigenvalue weighted by molar-refractivity contribution is 0.117. The van der Waals surface area contributed by atoms with E-state index in [4.69, 9.17) is 5.73 Å². The van der Waals surface area contributed by atoms with E-state index in [1.54, 1.807) is 11.1 Å². The van der Waals surface area contributed by atoms with Gasteiger partial charge < -0.3 is 15.7 Å². The van der Waals surface area contributed by atoms with Crippen molar-refractivity contribution in [1.82, 2.24) is 9.88 Å². The van der Waals surface area contributed by atoms with Crippen LogP contribution >= 0.6 is 0 Å². The number of hydrogen-bond acceptors (Lipinski definition) is 3. The summed E-state index contributed by atoms with van der Waals surface area (Å²) in [5.41, 5.74) is 6.77. The summed E-state index contributed by atoms with van der Waals surface area (Å²) in [6, 6.07) is 5.68. The average molecular weight is 277 g/mol. The number of likely N-dealkylation sites (tertiary alicyclic amines) is 1. The zero-order valence-corrected chi connectivity index (χ0v) is 12.1. The van der Waals surface area contributed by atoms with Gasteiger partial charge in [0.1, 0.15) is 0 Å². The zero-order chi connectivity index (χ0) is 14.8. The van der Waals surface area contributed by atoms with Crippen molar-refractivity contribution in [3.8, 4) is 0 Å². The topological polar surface area (TPSA) is 79.5 Å². The van der Waals surface area contributed by atoms with Crippen LogP contribution in [0.25, 0.3) is 0 Å². The summed E-state index contributed by atoms with van der Waals surface area (Å²) < 4.78 is 0. The van der Waals surface area contributed by atoms with Gasteiger partial charge in [-0.2, -0.15) is 0 Å². The van der Waals surface area contributed by atoms with Gasteiger partial charge in [-0.05, 0) is 51.2 Å². The number of carbonyl (C=O) groups is 1. The Kier molecular flexibility index (Phi) is 4.28. The number of hydrogen-bond donors (Lipinski definition) is 2. The molecule has 3 N–H and O–H groups in total. The van der Waals surface area contributed by atoms with Gasteiger partial charge in [-0.1, -0.05) is 6.07 Å². The van der Waals surface area contributed by atoms with Crippen molar-refractivity contribution in [1.29, 1.82) is 0 Å². The Labute approximate surface area is 119 Å². The molecule has 1 aromatic heterocycles. The van der Waals surface area contributed by atoms with E-state index in [1.165, 1.54) is 0 Å². The first-order valence-electron chi connectivity index (χ1n) is 7.07. The first kappa shape index (κ1) is 14.8. The highest BCUT2D eigenvalue weighted by molar-refractivity contribution is 5.66. The van der Waals surface area contributed by atoms with Gasteiger partial charge in [0.15, 0.2) is 0 Å². The lowest BCUT2D eigenvalue weighted by Crippen LogP contribution is -2.41. The van der Waals surface area contributed by atoms with Crippen molar-refractivity contribution < 1.29 is 9.90 Å². The molecule has 2 heterocycles. The molecule has 1 aromatic rings. The van der Waals surface area contributed by atoms with E-state index in [1.807, 2.05) is 32.0 Å². The van der Waals surface area contributed by atoms with Gasteiger partial charge in [-0.15, -0.1) is 0 Å². The largest absolute Gasteiger partial charge is 0.465 e. The van der Waals surface area contributed by atoms with Crippen molar-refractivity contribution in [3.63, 3.8) is 0 Å². The molecule has 0 aromatic carbocycles. The third-order valence-electron chi connectivity index (χ3n) is 4.14. The number of rotatable bonds is 4. The third kappa shape index (κ3) is 3.28. The fourth-order valence-corrected chi connectivity index (χ4v) is 3.08. The maximum Gasteiger partial charge on any atom is 0.407 e. The zero-order valence-electron chi connectivity index (χ0n) is 12.1. The minimum absolute atomic E-state index is 0.0711. The summed E-state index contributed by atoms with van der Waals surface area (Å²) in [6.45, 7) is 4.58. The second-order valence-corrected chi connectivity index (χ2v) is 6.21. The van der Waals surface area contributed by atoms with Crippen LogP contribution < -0.4 is 5.73 Å². The van der Waals surface area contributed by atoms with Crippen molar-refractivity contribution >= 4 is 6.09 Å². The molecule has 5 nitrogen and oxygen atoms in total. The van der Waals surface area contributed by atoms with Crippen molar-refractivity contribution in [2.45, 2.75) is 44.7 Å². The first-order valence-corrected chi connectivity index (χ1v) is 7.07. The lowest BCUT2D eigenvalue weighted by Gasteiger charge is -2.28. The minimum atomic E-state index is -0.827. The van der Waals surface area contributed by atoms with Crippen LogP contribution in [0.1, 0.15) is 44.8 Å². The number of aromatic nitrogens is 1. The van der Waals surface area contributed by atoms with Crippen LogP contribution in [0.4, 0.5) is 4.79 Å². The fourth-order valence-electron chi connectivity index (χ4n) is 3.08. The van der Waals surface area contributed by atoms with Crippen LogP contribution in [-0.2, 0) is 0 Å². The van der Waals surface area contributed by atoms with Crippen LogP contribution in [0.15, 0.2) is 24.4 Å². The molecule has 110 valence electrons. The number of pyridine rings is 1. The van der Waals surface area contributed by atoms with Gasteiger partial charge in [0.05, 0.1) is 5.69 Å². The molecule has 5 heteroatoms. The van der Waals surface area contributed by atoms with Gasteiger partial charge in [-0.3, -0.25) is 4.98 Å². The molecule has 1 aliphatic heterocycles. The monoisotopic (exact) mass is 277 g/mol.